The number of rotatable bonds is 4. The lowest BCUT2D eigenvalue weighted by Gasteiger charge is -2.36. The number of piperazine rings is 1. The smallest absolute Gasteiger partial charge is 0.251 e. The van der Waals surface area contributed by atoms with Gasteiger partial charge in [-0.3, -0.25) is 9.59 Å². The molecule has 1 saturated heterocycles. The summed E-state index contributed by atoms with van der Waals surface area (Å²) in [5, 5.41) is 3.37. The monoisotopic (exact) mass is 372 g/mol. The largest absolute Gasteiger partial charge is 0.399 e. The number of hydrogen-bond acceptors (Lipinski definition) is 4. The predicted octanol–water partition coefficient (Wildman–Crippen LogP) is 2.00. The predicted molar refractivity (Wildman–Crippen MR) is 103 cm³/mol. The van der Waals surface area contributed by atoms with E-state index in [0.717, 1.165) is 18.8 Å². The Morgan fingerprint density at radius 1 is 1.04 bits per heavy atom. The number of anilines is 2. The molecule has 0 unspecified atom stereocenters. The molecule has 2 aromatic carbocycles. The Kier molecular flexibility index (Phi) is 5.63. The molecule has 0 radical (unpaired) electrons. The topological polar surface area (TPSA) is 78.7 Å². The van der Waals surface area contributed by atoms with Gasteiger partial charge < -0.3 is 20.9 Å². The molecule has 0 atom stereocenters. The minimum absolute atomic E-state index is 0.0193. The molecule has 1 aliphatic rings. The molecule has 2 amide bonds. The van der Waals surface area contributed by atoms with Gasteiger partial charge >= 0.3 is 0 Å². The summed E-state index contributed by atoms with van der Waals surface area (Å²) in [6.07, 6.45) is 0. The number of nitrogens with zero attached hydrogens (tertiary/aromatic N) is 2. The van der Waals surface area contributed by atoms with E-state index >= 15 is 0 Å². The van der Waals surface area contributed by atoms with E-state index in [1.54, 1.807) is 29.2 Å². The van der Waals surface area contributed by atoms with Crippen molar-refractivity contribution in [2.24, 2.45) is 0 Å². The van der Waals surface area contributed by atoms with Crippen LogP contribution in [-0.4, -0.2) is 49.4 Å². The van der Waals surface area contributed by atoms with Gasteiger partial charge in [-0.15, -0.1) is 0 Å². The number of carbonyl (C=O) groups excluding carboxylic acids is 2. The molecule has 3 rings (SSSR count). The van der Waals surface area contributed by atoms with Gasteiger partial charge in [0.1, 0.15) is 0 Å². The van der Waals surface area contributed by atoms with E-state index in [1.807, 2.05) is 24.3 Å². The average molecular weight is 373 g/mol. The lowest BCUT2D eigenvalue weighted by Crippen LogP contribution is -2.51. The molecule has 0 spiro atoms. The summed E-state index contributed by atoms with van der Waals surface area (Å²) >= 11 is 5.92. The summed E-state index contributed by atoms with van der Waals surface area (Å²) in [6, 6.07) is 14.4. The van der Waals surface area contributed by atoms with Gasteiger partial charge in [0, 0.05) is 48.1 Å². The summed E-state index contributed by atoms with van der Waals surface area (Å²) in [5.41, 5.74) is 7.73. The first kappa shape index (κ1) is 18.1. The van der Waals surface area contributed by atoms with Crippen molar-refractivity contribution >= 4 is 34.8 Å². The molecule has 0 saturated carbocycles. The molecule has 3 N–H and O–H groups in total. The van der Waals surface area contributed by atoms with Crippen LogP contribution in [0.5, 0.6) is 0 Å². The van der Waals surface area contributed by atoms with Crippen LogP contribution in [0, 0.1) is 0 Å². The highest BCUT2D eigenvalue weighted by Crippen LogP contribution is 2.19. The number of nitrogens with two attached hydrogens (primary N) is 1. The van der Waals surface area contributed by atoms with Gasteiger partial charge in [-0.1, -0.05) is 17.7 Å². The summed E-state index contributed by atoms with van der Waals surface area (Å²) in [5.74, 6) is -0.386. The third-order valence-corrected chi connectivity index (χ3v) is 4.63. The number of carbonyl (C=O) groups is 2. The van der Waals surface area contributed by atoms with E-state index in [-0.39, 0.29) is 18.4 Å². The zero-order chi connectivity index (χ0) is 18.5. The fraction of sp³-hybridized carbons (Fsp3) is 0.263. The van der Waals surface area contributed by atoms with Crippen LogP contribution in [0.15, 0.2) is 48.5 Å². The van der Waals surface area contributed by atoms with Crippen molar-refractivity contribution < 1.29 is 9.59 Å². The zero-order valence-corrected chi connectivity index (χ0v) is 15.1. The molecule has 0 bridgehead atoms. The number of nitrogens with one attached hydrogen (secondary N) is 1. The maximum absolute atomic E-state index is 12.3. The van der Waals surface area contributed by atoms with Crippen molar-refractivity contribution in [3.63, 3.8) is 0 Å². The Hall–Kier alpha value is -2.73. The van der Waals surface area contributed by atoms with Crippen LogP contribution in [0.1, 0.15) is 10.4 Å². The van der Waals surface area contributed by atoms with E-state index in [9.17, 15) is 9.59 Å². The molecule has 1 heterocycles. The van der Waals surface area contributed by atoms with Crippen LogP contribution in [-0.2, 0) is 4.79 Å². The lowest BCUT2D eigenvalue weighted by atomic mass is 10.2. The van der Waals surface area contributed by atoms with Crippen molar-refractivity contribution in [1.29, 1.82) is 0 Å². The number of benzene rings is 2. The summed E-state index contributed by atoms with van der Waals surface area (Å²) in [4.78, 5) is 28.4. The Morgan fingerprint density at radius 2 is 1.73 bits per heavy atom. The van der Waals surface area contributed by atoms with E-state index in [2.05, 4.69) is 10.2 Å². The first-order chi connectivity index (χ1) is 12.5. The Bertz CT molecular complexity index is 786. The Morgan fingerprint density at radius 3 is 2.38 bits per heavy atom. The molecule has 6 nitrogen and oxygen atoms in total. The van der Waals surface area contributed by atoms with Crippen LogP contribution in [0.2, 0.25) is 5.02 Å². The van der Waals surface area contributed by atoms with E-state index in [4.69, 9.17) is 17.3 Å². The summed E-state index contributed by atoms with van der Waals surface area (Å²) in [7, 11) is 0. The second-order valence-corrected chi connectivity index (χ2v) is 6.59. The standard InChI is InChI=1S/C19H21ClN4O2/c20-15-4-6-17(7-5-15)23-8-10-24(11-9-23)18(25)13-22-19(26)14-2-1-3-16(21)12-14/h1-7,12H,8-11,13,21H2,(H,22,26). The Balaban J connectivity index is 1.47. The highest BCUT2D eigenvalue weighted by atomic mass is 35.5. The maximum Gasteiger partial charge on any atom is 0.251 e. The van der Waals surface area contributed by atoms with Crippen LogP contribution >= 0.6 is 11.6 Å². The van der Waals surface area contributed by atoms with Gasteiger partial charge in [-0.05, 0) is 42.5 Å². The van der Waals surface area contributed by atoms with Gasteiger partial charge in [-0.2, -0.15) is 0 Å². The quantitative estimate of drug-likeness (QED) is 0.804. The number of hydrogen-bond donors (Lipinski definition) is 2. The average Bonchev–Trinajstić information content (AvgIpc) is 2.66. The van der Waals surface area contributed by atoms with E-state index < -0.39 is 0 Å². The second kappa shape index (κ2) is 8.10. The highest BCUT2D eigenvalue weighted by Gasteiger charge is 2.21. The molecular weight excluding hydrogens is 352 g/mol. The van der Waals surface area contributed by atoms with Crippen molar-refractivity contribution in [3.8, 4) is 0 Å². The number of nitrogen functional groups attached to an aromatic ring is 1. The molecule has 2 aromatic rings. The lowest BCUT2D eigenvalue weighted by molar-refractivity contribution is -0.130. The van der Waals surface area contributed by atoms with E-state index in [1.165, 1.54) is 0 Å². The third-order valence-electron chi connectivity index (χ3n) is 4.37. The number of amides is 2. The number of halogens is 1. The SMILES string of the molecule is Nc1cccc(C(=O)NCC(=O)N2CCN(c3ccc(Cl)cc3)CC2)c1. The molecule has 1 aliphatic heterocycles. The fourth-order valence-corrected chi connectivity index (χ4v) is 3.04. The van der Waals surface area contributed by atoms with Gasteiger partial charge in [0.2, 0.25) is 5.91 Å². The third kappa shape index (κ3) is 4.46. The first-order valence-corrected chi connectivity index (χ1v) is 8.83. The molecule has 0 aliphatic carbocycles. The minimum Gasteiger partial charge on any atom is -0.399 e. The summed E-state index contributed by atoms with van der Waals surface area (Å²) < 4.78 is 0. The van der Waals surface area contributed by atoms with Gasteiger partial charge in [0.15, 0.2) is 0 Å². The molecule has 1 fully saturated rings. The molecule has 136 valence electrons. The maximum atomic E-state index is 12.3. The van der Waals surface area contributed by atoms with Gasteiger partial charge in [0.25, 0.3) is 5.91 Å². The van der Waals surface area contributed by atoms with Crippen molar-refractivity contribution in [2.45, 2.75) is 0 Å². The molecule has 0 aromatic heterocycles. The van der Waals surface area contributed by atoms with Crippen LogP contribution in [0.4, 0.5) is 11.4 Å². The van der Waals surface area contributed by atoms with Crippen molar-refractivity contribution in [2.75, 3.05) is 43.4 Å². The normalized spacial score (nSPS) is 14.2. The van der Waals surface area contributed by atoms with Crippen LogP contribution in [0.25, 0.3) is 0 Å². The van der Waals surface area contributed by atoms with Gasteiger partial charge in [0.05, 0.1) is 6.54 Å². The summed E-state index contributed by atoms with van der Waals surface area (Å²) in [6.45, 7) is 2.72. The molecule has 26 heavy (non-hydrogen) atoms. The molecule has 7 heteroatoms. The highest BCUT2D eigenvalue weighted by molar-refractivity contribution is 6.30. The second-order valence-electron chi connectivity index (χ2n) is 6.15. The van der Waals surface area contributed by atoms with Gasteiger partial charge in [-0.25, -0.2) is 0 Å². The molecular formula is C19H21ClN4O2. The first-order valence-electron chi connectivity index (χ1n) is 8.45. The van der Waals surface area contributed by atoms with Crippen LogP contribution < -0.4 is 16.0 Å². The fourth-order valence-electron chi connectivity index (χ4n) is 2.92. The van der Waals surface area contributed by atoms with Crippen molar-refractivity contribution in [1.82, 2.24) is 10.2 Å². The zero-order valence-electron chi connectivity index (χ0n) is 14.3. The van der Waals surface area contributed by atoms with Crippen molar-refractivity contribution in [3.05, 3.63) is 59.1 Å². The Labute approximate surface area is 157 Å². The minimum atomic E-state index is -0.301. The van der Waals surface area contributed by atoms with Crippen LogP contribution in [0.3, 0.4) is 0 Å². The van der Waals surface area contributed by atoms with E-state index in [0.29, 0.717) is 29.4 Å².